The van der Waals surface area contributed by atoms with E-state index in [2.05, 4.69) is 243 Å². The molecule has 0 unspecified atom stereocenters. The molecular formula is C66H46N4. The summed E-state index contributed by atoms with van der Waals surface area (Å²) in [6.07, 6.45) is 0. The molecule has 0 amide bonds. The normalized spacial score (nSPS) is 14.2. The molecule has 2 aliphatic carbocycles. The number of hydrogen-bond acceptors (Lipinski definition) is 2. The number of benzene rings is 10. The van der Waals surface area contributed by atoms with E-state index in [1.54, 1.807) is 0 Å². The first kappa shape index (κ1) is 39.4. The first-order valence-electron chi connectivity index (χ1n) is 24.5. The fourth-order valence-electron chi connectivity index (χ4n) is 12.7. The molecule has 0 bridgehead atoms. The Morgan fingerprint density at radius 2 is 0.943 bits per heavy atom. The second kappa shape index (κ2) is 14.0. The van der Waals surface area contributed by atoms with Crippen LogP contribution in [-0.2, 0) is 10.8 Å². The summed E-state index contributed by atoms with van der Waals surface area (Å²) < 4.78 is 4.88. The molecule has 0 spiro atoms. The molecule has 2 aliphatic rings. The van der Waals surface area contributed by atoms with Gasteiger partial charge < -0.3 is 9.13 Å². The number of para-hydroxylation sites is 3. The van der Waals surface area contributed by atoms with E-state index in [0.29, 0.717) is 0 Å². The fourth-order valence-corrected chi connectivity index (χ4v) is 12.7. The minimum absolute atomic E-state index is 0.163. The third-order valence-corrected chi connectivity index (χ3v) is 16.1. The molecule has 0 aliphatic heterocycles. The monoisotopic (exact) mass is 894 g/mol. The maximum atomic E-state index is 5.89. The molecule has 0 saturated heterocycles. The number of fused-ring (bicyclic) bond motifs is 15. The van der Waals surface area contributed by atoms with Crippen LogP contribution in [0.25, 0.3) is 122 Å². The molecule has 0 fully saturated rings. The van der Waals surface area contributed by atoms with Gasteiger partial charge in [0, 0.05) is 49.2 Å². The van der Waals surface area contributed by atoms with Crippen molar-refractivity contribution in [3.05, 3.63) is 229 Å². The van der Waals surface area contributed by atoms with E-state index in [0.717, 1.165) is 61.5 Å². The van der Waals surface area contributed by atoms with Gasteiger partial charge in [0.2, 0.25) is 0 Å². The van der Waals surface area contributed by atoms with Gasteiger partial charge in [0.1, 0.15) is 5.52 Å². The molecule has 4 nitrogen and oxygen atoms in total. The van der Waals surface area contributed by atoms with Crippen molar-refractivity contribution in [2.24, 2.45) is 0 Å². The van der Waals surface area contributed by atoms with Gasteiger partial charge in [0.25, 0.3) is 0 Å². The van der Waals surface area contributed by atoms with E-state index in [1.165, 1.54) is 82.3 Å². The number of rotatable bonds is 4. The van der Waals surface area contributed by atoms with Crippen molar-refractivity contribution in [1.29, 1.82) is 0 Å². The minimum Gasteiger partial charge on any atom is -0.309 e. The van der Waals surface area contributed by atoms with Gasteiger partial charge in [-0.05, 0) is 116 Å². The van der Waals surface area contributed by atoms with Crippen LogP contribution in [0, 0.1) is 0 Å². The van der Waals surface area contributed by atoms with E-state index >= 15 is 0 Å². The average molecular weight is 895 g/mol. The lowest BCUT2D eigenvalue weighted by molar-refractivity contribution is 0.660. The smallest absolute Gasteiger partial charge is 0.113 e. The third-order valence-electron chi connectivity index (χ3n) is 16.1. The lowest BCUT2D eigenvalue weighted by Crippen LogP contribution is -2.15. The topological polar surface area (TPSA) is 35.6 Å². The van der Waals surface area contributed by atoms with E-state index in [1.807, 2.05) is 0 Å². The molecule has 3 aromatic heterocycles. The van der Waals surface area contributed by atoms with Gasteiger partial charge in [-0.25, -0.2) is 9.97 Å². The highest BCUT2D eigenvalue weighted by Gasteiger charge is 2.37. The summed E-state index contributed by atoms with van der Waals surface area (Å²) in [6.45, 7) is 9.40. The first-order chi connectivity index (χ1) is 34.2. The Bertz CT molecular complexity index is 4410. The molecule has 0 saturated carbocycles. The summed E-state index contributed by atoms with van der Waals surface area (Å²) in [5.41, 5.74) is 22.5. The van der Waals surface area contributed by atoms with Gasteiger partial charge in [0.05, 0.1) is 44.7 Å². The number of aromatic nitrogens is 4. The van der Waals surface area contributed by atoms with Gasteiger partial charge >= 0.3 is 0 Å². The molecule has 10 aromatic carbocycles. The zero-order chi connectivity index (χ0) is 46.6. The Balaban J connectivity index is 1.02. The zero-order valence-electron chi connectivity index (χ0n) is 39.4. The van der Waals surface area contributed by atoms with E-state index < -0.39 is 0 Å². The van der Waals surface area contributed by atoms with Crippen molar-refractivity contribution in [1.82, 2.24) is 19.1 Å². The Hall–Kier alpha value is -8.60. The van der Waals surface area contributed by atoms with Gasteiger partial charge in [-0.1, -0.05) is 173 Å². The Morgan fingerprint density at radius 1 is 0.357 bits per heavy atom. The molecule has 0 N–H and O–H groups in total. The fraction of sp³-hybridized carbons (Fsp3) is 0.0909. The summed E-state index contributed by atoms with van der Waals surface area (Å²) in [4.78, 5) is 11.6. The van der Waals surface area contributed by atoms with Crippen LogP contribution in [-0.4, -0.2) is 19.1 Å². The molecule has 0 radical (unpaired) electrons. The van der Waals surface area contributed by atoms with Crippen LogP contribution in [0.1, 0.15) is 49.9 Å². The lowest BCUT2D eigenvalue weighted by atomic mass is 9.81. The van der Waals surface area contributed by atoms with Crippen LogP contribution < -0.4 is 0 Å². The van der Waals surface area contributed by atoms with Crippen molar-refractivity contribution in [3.63, 3.8) is 0 Å². The standard InChI is InChI=1S/C66H46N4/c1-65(2)51-24-13-10-21-44(51)46-32-29-40(35-53(46)65)62-63(41-30-33-47-45-22-11-14-25-52(45)66(3,4)54(47)36-41)68-64-55(67-62)26-16-28-58(64)70-56-27-15-12-23-48(56)49-37-50-60(38-59(49)70)69(42-18-6-5-7-19-42)57-34-31-39-17-8-9-20-43(39)61(50)57/h5-38H,1-4H3. The molecule has 3 heterocycles. The van der Waals surface area contributed by atoms with Crippen molar-refractivity contribution in [2.45, 2.75) is 38.5 Å². The summed E-state index contributed by atoms with van der Waals surface area (Å²) in [6, 6.07) is 76.0. The largest absolute Gasteiger partial charge is 0.309 e. The molecule has 13 aromatic rings. The summed E-state index contributed by atoms with van der Waals surface area (Å²) in [7, 11) is 0. The highest BCUT2D eigenvalue weighted by atomic mass is 15.0. The first-order valence-corrected chi connectivity index (χ1v) is 24.5. The lowest BCUT2D eigenvalue weighted by Gasteiger charge is -2.23. The van der Waals surface area contributed by atoms with Gasteiger partial charge in [0.15, 0.2) is 0 Å². The van der Waals surface area contributed by atoms with Crippen LogP contribution in [0.4, 0.5) is 0 Å². The Labute approximate surface area is 405 Å². The SMILES string of the molecule is CC1(C)c2ccccc2-c2ccc(-c3nc4cccc(-n5c6ccccc6c6cc7c8c9ccccc9ccc8n(-c8ccccc8)c7cc65)c4nc3-c3ccc4c(c3)C(C)(C)c3ccccc3-4)cc21. The second-order valence-corrected chi connectivity index (χ2v) is 20.5. The minimum atomic E-state index is -0.177. The molecule has 0 atom stereocenters. The quantitative estimate of drug-likeness (QED) is 0.176. The molecular weight excluding hydrogens is 849 g/mol. The third kappa shape index (κ3) is 5.25. The van der Waals surface area contributed by atoms with Crippen molar-refractivity contribution < 1.29 is 0 Å². The Morgan fingerprint density at radius 3 is 1.66 bits per heavy atom. The van der Waals surface area contributed by atoms with Crippen molar-refractivity contribution in [3.8, 4) is 56.1 Å². The summed E-state index contributed by atoms with van der Waals surface area (Å²) >= 11 is 0. The van der Waals surface area contributed by atoms with E-state index in [-0.39, 0.29) is 10.8 Å². The van der Waals surface area contributed by atoms with Crippen molar-refractivity contribution >= 4 is 65.4 Å². The molecule has 70 heavy (non-hydrogen) atoms. The summed E-state index contributed by atoms with van der Waals surface area (Å²) in [5.74, 6) is 0. The second-order valence-electron chi connectivity index (χ2n) is 20.5. The Kier molecular flexibility index (Phi) is 7.88. The van der Waals surface area contributed by atoms with Crippen LogP contribution in [0.3, 0.4) is 0 Å². The zero-order valence-corrected chi connectivity index (χ0v) is 39.4. The van der Waals surface area contributed by atoms with E-state index in [4.69, 9.17) is 9.97 Å². The molecule has 15 rings (SSSR count). The number of nitrogens with zero attached hydrogens (tertiary/aromatic N) is 4. The average Bonchev–Trinajstić information content (AvgIpc) is 4.05. The van der Waals surface area contributed by atoms with Crippen LogP contribution in [0.15, 0.2) is 206 Å². The van der Waals surface area contributed by atoms with Gasteiger partial charge in [-0.2, -0.15) is 0 Å². The van der Waals surface area contributed by atoms with Gasteiger partial charge in [-0.15, -0.1) is 0 Å². The van der Waals surface area contributed by atoms with E-state index in [9.17, 15) is 0 Å². The maximum Gasteiger partial charge on any atom is 0.113 e. The van der Waals surface area contributed by atoms with Crippen molar-refractivity contribution in [2.75, 3.05) is 0 Å². The van der Waals surface area contributed by atoms with Crippen LogP contribution >= 0.6 is 0 Å². The highest BCUT2D eigenvalue weighted by molar-refractivity contribution is 6.25. The van der Waals surface area contributed by atoms with Crippen LogP contribution in [0.5, 0.6) is 0 Å². The van der Waals surface area contributed by atoms with Crippen LogP contribution in [0.2, 0.25) is 0 Å². The molecule has 330 valence electrons. The maximum absolute atomic E-state index is 5.89. The summed E-state index contributed by atoms with van der Waals surface area (Å²) in [5, 5.41) is 7.39. The highest BCUT2D eigenvalue weighted by Crippen LogP contribution is 2.52. The van der Waals surface area contributed by atoms with Gasteiger partial charge in [-0.3, -0.25) is 0 Å². The molecule has 4 heteroatoms. The predicted octanol–water partition coefficient (Wildman–Crippen LogP) is 16.9. The predicted molar refractivity (Wildman–Crippen MR) is 292 cm³/mol. The number of hydrogen-bond donors (Lipinski definition) is 0.